The van der Waals surface area contributed by atoms with E-state index in [1.807, 2.05) is 0 Å². The quantitative estimate of drug-likeness (QED) is 0.575. The molecule has 0 aliphatic carbocycles. The summed E-state index contributed by atoms with van der Waals surface area (Å²) in [6, 6.07) is 3.06. The van der Waals surface area contributed by atoms with Gasteiger partial charge in [-0.25, -0.2) is 0 Å². The van der Waals surface area contributed by atoms with Gasteiger partial charge in [0.15, 0.2) is 0 Å². The minimum atomic E-state index is 0.414. The molecule has 0 aromatic heterocycles. The molecule has 64 valence electrons. The lowest BCUT2D eigenvalue weighted by atomic mass is 10.6. The highest BCUT2D eigenvalue weighted by Crippen LogP contribution is 1.81. The molecule has 0 saturated carbocycles. The van der Waals surface area contributed by atoms with E-state index in [4.69, 9.17) is 0 Å². The molecule has 0 spiro atoms. The molecule has 0 N–H and O–H groups in total. The Morgan fingerprint density at radius 2 is 1.10 bits per heavy atom. The molecule has 0 radical (unpaired) electrons. The van der Waals surface area contributed by atoms with Crippen molar-refractivity contribution in [1.82, 2.24) is 0 Å². The van der Waals surface area contributed by atoms with Gasteiger partial charge in [-0.15, -0.1) is 0 Å². The van der Waals surface area contributed by atoms with Crippen LogP contribution in [0.25, 0.3) is 0 Å². The molecule has 10 heavy (non-hydrogen) atoms. The number of rotatable bonds is 4. The van der Waals surface area contributed by atoms with E-state index < -0.39 is 0 Å². The molecule has 0 fully saturated rings. The second-order valence-corrected chi connectivity index (χ2v) is 6.12. The van der Waals surface area contributed by atoms with Crippen LogP contribution in [0, 0.1) is 0 Å². The van der Waals surface area contributed by atoms with Crippen molar-refractivity contribution in [3.05, 3.63) is 0 Å². The molecular weight excluding hydrogens is 152 g/mol. The first-order valence-corrected chi connectivity index (χ1v) is 9.66. The van der Waals surface area contributed by atoms with Crippen molar-refractivity contribution < 1.29 is 0 Å². The summed E-state index contributed by atoms with van der Waals surface area (Å²) >= 11 is 0. The van der Waals surface area contributed by atoms with Crippen molar-refractivity contribution in [3.63, 3.8) is 0 Å². The van der Waals surface area contributed by atoms with Crippen LogP contribution < -0.4 is 0 Å². The van der Waals surface area contributed by atoms with Gasteiger partial charge in [-0.2, -0.15) is 0 Å². The molecule has 0 amide bonds. The van der Waals surface area contributed by atoms with Crippen LogP contribution in [0.2, 0.25) is 25.2 Å². The van der Waals surface area contributed by atoms with Crippen LogP contribution in [0.15, 0.2) is 0 Å². The van der Waals surface area contributed by atoms with Gasteiger partial charge in [-0.05, 0) is 0 Å². The van der Waals surface area contributed by atoms with E-state index in [0.29, 0.717) is 19.0 Å². The molecule has 0 aliphatic heterocycles. The van der Waals surface area contributed by atoms with Crippen molar-refractivity contribution in [2.24, 2.45) is 0 Å². The van der Waals surface area contributed by atoms with Gasteiger partial charge in [0.1, 0.15) is 0 Å². The van der Waals surface area contributed by atoms with E-state index in [-0.39, 0.29) is 0 Å². The average molecular weight is 176 g/mol. The van der Waals surface area contributed by atoms with Gasteiger partial charge >= 0.3 is 0 Å². The fourth-order valence-electron chi connectivity index (χ4n) is 0.707. The fourth-order valence-corrected chi connectivity index (χ4v) is 2.12. The highest BCUT2D eigenvalue weighted by Gasteiger charge is 1.70. The van der Waals surface area contributed by atoms with Gasteiger partial charge in [-0.1, -0.05) is 51.9 Å². The third-order valence-corrected chi connectivity index (χ3v) is 4.24. The first-order valence-electron chi connectivity index (χ1n) is 4.83. The van der Waals surface area contributed by atoms with E-state index in [1.165, 1.54) is 24.9 Å². The maximum atomic E-state index is 2.35. The van der Waals surface area contributed by atoms with E-state index in [0.717, 1.165) is 0 Å². The Balaban J connectivity index is 0. The molecule has 0 aromatic rings. The Labute approximate surface area is 71.4 Å². The summed E-state index contributed by atoms with van der Waals surface area (Å²) in [5.41, 5.74) is 0. The van der Waals surface area contributed by atoms with Gasteiger partial charge in [0, 0.05) is 19.0 Å². The van der Waals surface area contributed by atoms with Crippen LogP contribution in [-0.4, -0.2) is 19.0 Å². The normalized spacial score (nSPS) is 10.8. The van der Waals surface area contributed by atoms with E-state index in [1.54, 1.807) is 0 Å². The van der Waals surface area contributed by atoms with Gasteiger partial charge in [-0.3, -0.25) is 0 Å². The molecule has 0 heterocycles. The molecule has 0 nitrogen and oxygen atoms in total. The van der Waals surface area contributed by atoms with Crippen LogP contribution >= 0.6 is 0 Å². The number of hydrogen-bond donors (Lipinski definition) is 0. The second-order valence-electron chi connectivity index (χ2n) is 2.71. The Bertz CT molecular complexity index is 28.2. The zero-order valence-corrected chi connectivity index (χ0v) is 11.1. The predicted octanol–water partition coefficient (Wildman–Crippen LogP) is 2.06. The van der Waals surface area contributed by atoms with Crippen LogP contribution in [-0.2, 0) is 0 Å². The largest absolute Gasteiger partial charge is 0.0748 e. The SMILES string of the molecule is CCC[SiH2]C.CCC[SiH2]C. The topological polar surface area (TPSA) is 0 Å². The van der Waals surface area contributed by atoms with Gasteiger partial charge < -0.3 is 0 Å². The molecule has 0 aromatic carbocycles. The summed E-state index contributed by atoms with van der Waals surface area (Å²) < 4.78 is 0. The predicted molar refractivity (Wildman–Crippen MR) is 59.0 cm³/mol. The zero-order valence-electron chi connectivity index (χ0n) is 8.24. The molecule has 0 bridgehead atoms. The third-order valence-electron chi connectivity index (χ3n) is 1.41. The highest BCUT2D eigenvalue weighted by atomic mass is 28.2. The third kappa shape index (κ3) is 23.7. The van der Waals surface area contributed by atoms with E-state index in [9.17, 15) is 0 Å². The highest BCUT2D eigenvalue weighted by molar-refractivity contribution is 6.33. The lowest BCUT2D eigenvalue weighted by Gasteiger charge is -1.78. The summed E-state index contributed by atoms with van der Waals surface area (Å²) in [6.07, 6.45) is 2.81. The van der Waals surface area contributed by atoms with Crippen LogP contribution in [0.5, 0.6) is 0 Å². The summed E-state index contributed by atoms with van der Waals surface area (Å²) in [4.78, 5) is 0. The maximum Gasteiger partial charge on any atom is 0.0166 e. The average Bonchev–Trinajstić information content (AvgIpc) is 1.93. The number of hydrogen-bond acceptors (Lipinski definition) is 0. The summed E-state index contributed by atoms with van der Waals surface area (Å²) in [6.45, 7) is 9.19. The maximum absolute atomic E-state index is 2.35. The second kappa shape index (κ2) is 16.2. The monoisotopic (exact) mass is 176 g/mol. The van der Waals surface area contributed by atoms with E-state index >= 15 is 0 Å². The molecule has 0 rings (SSSR count). The van der Waals surface area contributed by atoms with Crippen molar-refractivity contribution in [2.45, 2.75) is 51.9 Å². The van der Waals surface area contributed by atoms with Gasteiger partial charge in [0.05, 0.1) is 0 Å². The lowest BCUT2D eigenvalue weighted by molar-refractivity contribution is 1.07. The summed E-state index contributed by atoms with van der Waals surface area (Å²) in [7, 11) is 0.828. The summed E-state index contributed by atoms with van der Waals surface area (Å²) in [5.74, 6) is 0. The molecule has 0 saturated heterocycles. The van der Waals surface area contributed by atoms with Crippen LogP contribution in [0.4, 0.5) is 0 Å². The smallest absolute Gasteiger partial charge is 0.0166 e. The standard InChI is InChI=1S/2C4H12Si/c2*1-3-4-5-2/h2*3-5H2,1-2H3. The Morgan fingerprint density at radius 3 is 1.10 bits per heavy atom. The molecule has 0 unspecified atom stereocenters. The van der Waals surface area contributed by atoms with Crippen LogP contribution in [0.3, 0.4) is 0 Å². The molecule has 0 atom stereocenters. The van der Waals surface area contributed by atoms with Crippen molar-refractivity contribution in [1.29, 1.82) is 0 Å². The van der Waals surface area contributed by atoms with Crippen molar-refractivity contribution >= 4 is 19.0 Å². The minimum Gasteiger partial charge on any atom is -0.0748 e. The fraction of sp³-hybridized carbons (Fsp3) is 1.00. The minimum absolute atomic E-state index is 0.414. The summed E-state index contributed by atoms with van der Waals surface area (Å²) in [5, 5.41) is 0. The van der Waals surface area contributed by atoms with Crippen LogP contribution in [0.1, 0.15) is 26.7 Å². The van der Waals surface area contributed by atoms with Crippen molar-refractivity contribution in [3.8, 4) is 0 Å². The first kappa shape index (κ1) is 13.1. The van der Waals surface area contributed by atoms with E-state index in [2.05, 4.69) is 26.9 Å². The zero-order chi connectivity index (χ0) is 8.24. The Morgan fingerprint density at radius 1 is 0.800 bits per heavy atom. The first-order chi connectivity index (χ1) is 4.83. The molecule has 0 aliphatic rings. The Hall–Kier alpha value is 0.434. The Kier molecular flexibility index (Phi) is 21.2. The van der Waals surface area contributed by atoms with Gasteiger partial charge in [0.2, 0.25) is 0 Å². The van der Waals surface area contributed by atoms with Crippen molar-refractivity contribution in [2.75, 3.05) is 0 Å². The lowest BCUT2D eigenvalue weighted by Crippen LogP contribution is -1.73. The molecule has 2 heteroatoms. The van der Waals surface area contributed by atoms with Gasteiger partial charge in [0.25, 0.3) is 0 Å². The molecular formula is C8H24Si2.